The number of nitrogens with one attached hydrogen (secondary N) is 1. The van der Waals surface area contributed by atoms with E-state index in [-0.39, 0.29) is 0 Å². The summed E-state index contributed by atoms with van der Waals surface area (Å²) in [4.78, 5) is 0. The van der Waals surface area contributed by atoms with E-state index in [9.17, 15) is 0 Å². The van der Waals surface area contributed by atoms with Gasteiger partial charge in [-0.05, 0) is 36.7 Å². The van der Waals surface area contributed by atoms with Crippen LogP contribution in [0.15, 0.2) is 48.5 Å². The summed E-state index contributed by atoms with van der Waals surface area (Å²) in [5.74, 6) is 0.919. The standard InChI is InChI=1S/C17H21NO/c1-3-18-12-15-5-4-6-16(11-15)13-19-17-9-7-14(2)8-10-17/h4-11,18H,3,12-13H2,1-2H3. The summed E-state index contributed by atoms with van der Waals surface area (Å²) >= 11 is 0. The molecular weight excluding hydrogens is 234 g/mol. The lowest BCUT2D eigenvalue weighted by Gasteiger charge is -2.08. The molecule has 1 N–H and O–H groups in total. The lowest BCUT2D eigenvalue weighted by atomic mass is 10.1. The highest BCUT2D eigenvalue weighted by atomic mass is 16.5. The predicted molar refractivity (Wildman–Crippen MR) is 79.3 cm³/mol. The van der Waals surface area contributed by atoms with Crippen molar-refractivity contribution >= 4 is 0 Å². The topological polar surface area (TPSA) is 21.3 Å². The normalized spacial score (nSPS) is 10.4. The molecule has 0 radical (unpaired) electrons. The van der Waals surface area contributed by atoms with E-state index in [1.54, 1.807) is 0 Å². The van der Waals surface area contributed by atoms with Crippen LogP contribution in [0.2, 0.25) is 0 Å². The fourth-order valence-electron chi connectivity index (χ4n) is 1.90. The third-order valence-electron chi connectivity index (χ3n) is 3.00. The first-order valence-electron chi connectivity index (χ1n) is 6.76. The van der Waals surface area contributed by atoms with Crippen LogP contribution in [0.5, 0.6) is 5.75 Å². The van der Waals surface area contributed by atoms with Crippen LogP contribution in [-0.2, 0) is 13.2 Å². The van der Waals surface area contributed by atoms with Crippen LogP contribution in [0.1, 0.15) is 23.6 Å². The minimum absolute atomic E-state index is 0.614. The smallest absolute Gasteiger partial charge is 0.119 e. The summed E-state index contributed by atoms with van der Waals surface area (Å²) in [5.41, 5.74) is 3.75. The molecule has 100 valence electrons. The van der Waals surface area contributed by atoms with Crippen molar-refractivity contribution in [2.24, 2.45) is 0 Å². The molecule has 0 unspecified atom stereocenters. The minimum Gasteiger partial charge on any atom is -0.489 e. The molecule has 2 aromatic rings. The van der Waals surface area contributed by atoms with Crippen LogP contribution in [0.3, 0.4) is 0 Å². The maximum atomic E-state index is 5.79. The average molecular weight is 255 g/mol. The van der Waals surface area contributed by atoms with Crippen molar-refractivity contribution < 1.29 is 4.74 Å². The molecule has 0 heterocycles. The fourth-order valence-corrected chi connectivity index (χ4v) is 1.90. The van der Waals surface area contributed by atoms with E-state index >= 15 is 0 Å². The van der Waals surface area contributed by atoms with Crippen molar-refractivity contribution in [1.82, 2.24) is 5.32 Å². The Bertz CT molecular complexity index is 505. The molecule has 0 aliphatic carbocycles. The molecule has 2 rings (SSSR count). The summed E-state index contributed by atoms with van der Waals surface area (Å²) in [6, 6.07) is 16.7. The summed E-state index contributed by atoms with van der Waals surface area (Å²) in [5, 5.41) is 3.33. The third-order valence-corrected chi connectivity index (χ3v) is 3.00. The highest BCUT2D eigenvalue weighted by molar-refractivity contribution is 5.27. The Kier molecular flexibility index (Phi) is 4.99. The Labute approximate surface area is 115 Å². The highest BCUT2D eigenvalue weighted by Crippen LogP contribution is 2.14. The van der Waals surface area contributed by atoms with Crippen molar-refractivity contribution in [1.29, 1.82) is 0 Å². The largest absolute Gasteiger partial charge is 0.489 e. The van der Waals surface area contributed by atoms with Gasteiger partial charge in [0, 0.05) is 6.54 Å². The number of ether oxygens (including phenoxy) is 1. The van der Waals surface area contributed by atoms with Crippen LogP contribution >= 0.6 is 0 Å². The monoisotopic (exact) mass is 255 g/mol. The molecule has 0 aromatic heterocycles. The van der Waals surface area contributed by atoms with Gasteiger partial charge in [-0.1, -0.05) is 48.9 Å². The van der Waals surface area contributed by atoms with E-state index in [0.29, 0.717) is 6.61 Å². The number of rotatable bonds is 6. The molecule has 0 amide bonds. The van der Waals surface area contributed by atoms with Gasteiger partial charge in [-0.3, -0.25) is 0 Å². The molecule has 2 heteroatoms. The van der Waals surface area contributed by atoms with Gasteiger partial charge in [-0.15, -0.1) is 0 Å². The molecule has 2 nitrogen and oxygen atoms in total. The lowest BCUT2D eigenvalue weighted by Crippen LogP contribution is -2.11. The maximum absolute atomic E-state index is 5.79. The second-order valence-corrected chi connectivity index (χ2v) is 4.70. The summed E-state index contributed by atoms with van der Waals surface area (Å²) in [7, 11) is 0. The van der Waals surface area contributed by atoms with Gasteiger partial charge in [0.15, 0.2) is 0 Å². The minimum atomic E-state index is 0.614. The molecule has 0 fully saturated rings. The lowest BCUT2D eigenvalue weighted by molar-refractivity contribution is 0.306. The van der Waals surface area contributed by atoms with Gasteiger partial charge in [0.1, 0.15) is 12.4 Å². The molecule has 0 atom stereocenters. The van der Waals surface area contributed by atoms with Gasteiger partial charge in [0.2, 0.25) is 0 Å². The third kappa shape index (κ3) is 4.42. The van der Waals surface area contributed by atoms with Crippen molar-refractivity contribution in [3.63, 3.8) is 0 Å². The number of benzene rings is 2. The quantitative estimate of drug-likeness (QED) is 0.850. The Hall–Kier alpha value is -1.80. The average Bonchev–Trinajstić information content (AvgIpc) is 2.45. The Morgan fingerprint density at radius 1 is 1.00 bits per heavy atom. The Morgan fingerprint density at radius 2 is 1.74 bits per heavy atom. The molecule has 0 saturated heterocycles. The Balaban J connectivity index is 1.93. The number of aryl methyl sites for hydroxylation is 1. The van der Waals surface area contributed by atoms with Crippen LogP contribution in [-0.4, -0.2) is 6.54 Å². The van der Waals surface area contributed by atoms with E-state index in [2.05, 4.69) is 55.6 Å². The first kappa shape index (κ1) is 13.6. The van der Waals surface area contributed by atoms with E-state index in [1.165, 1.54) is 16.7 Å². The SMILES string of the molecule is CCNCc1cccc(COc2ccc(C)cc2)c1. The van der Waals surface area contributed by atoms with Gasteiger partial charge in [0.25, 0.3) is 0 Å². The zero-order valence-corrected chi connectivity index (χ0v) is 11.6. The molecule has 2 aromatic carbocycles. The molecule has 0 aliphatic heterocycles. The van der Waals surface area contributed by atoms with Gasteiger partial charge in [-0.2, -0.15) is 0 Å². The fraction of sp³-hybridized carbons (Fsp3) is 0.294. The summed E-state index contributed by atoms with van der Waals surface area (Å²) in [6.45, 7) is 6.71. The Morgan fingerprint density at radius 3 is 2.47 bits per heavy atom. The molecule has 0 spiro atoms. The first-order chi connectivity index (χ1) is 9.28. The molecular formula is C17H21NO. The zero-order chi connectivity index (χ0) is 13.5. The van der Waals surface area contributed by atoms with Gasteiger partial charge in [-0.25, -0.2) is 0 Å². The van der Waals surface area contributed by atoms with Crippen LogP contribution in [0.25, 0.3) is 0 Å². The molecule has 0 saturated carbocycles. The van der Waals surface area contributed by atoms with E-state index in [4.69, 9.17) is 4.74 Å². The van der Waals surface area contributed by atoms with Crippen molar-refractivity contribution in [3.8, 4) is 5.75 Å². The molecule has 0 aliphatic rings. The van der Waals surface area contributed by atoms with E-state index < -0.39 is 0 Å². The van der Waals surface area contributed by atoms with Crippen LogP contribution < -0.4 is 10.1 Å². The van der Waals surface area contributed by atoms with Crippen LogP contribution in [0.4, 0.5) is 0 Å². The van der Waals surface area contributed by atoms with Gasteiger partial charge < -0.3 is 10.1 Å². The summed E-state index contributed by atoms with van der Waals surface area (Å²) < 4.78 is 5.79. The second-order valence-electron chi connectivity index (χ2n) is 4.70. The summed E-state index contributed by atoms with van der Waals surface area (Å²) in [6.07, 6.45) is 0. The van der Waals surface area contributed by atoms with E-state index in [1.807, 2.05) is 12.1 Å². The first-order valence-corrected chi connectivity index (χ1v) is 6.76. The van der Waals surface area contributed by atoms with Crippen LogP contribution in [0, 0.1) is 6.92 Å². The maximum Gasteiger partial charge on any atom is 0.119 e. The molecule has 19 heavy (non-hydrogen) atoms. The number of hydrogen-bond donors (Lipinski definition) is 1. The zero-order valence-electron chi connectivity index (χ0n) is 11.6. The van der Waals surface area contributed by atoms with Crippen molar-refractivity contribution in [3.05, 3.63) is 65.2 Å². The van der Waals surface area contributed by atoms with Crippen molar-refractivity contribution in [2.45, 2.75) is 27.0 Å². The van der Waals surface area contributed by atoms with Gasteiger partial charge >= 0.3 is 0 Å². The molecule has 0 bridgehead atoms. The predicted octanol–water partition coefficient (Wildman–Crippen LogP) is 3.68. The van der Waals surface area contributed by atoms with E-state index in [0.717, 1.165) is 18.8 Å². The number of hydrogen-bond acceptors (Lipinski definition) is 2. The highest BCUT2D eigenvalue weighted by Gasteiger charge is 1.98. The van der Waals surface area contributed by atoms with Gasteiger partial charge in [0.05, 0.1) is 0 Å². The second kappa shape index (κ2) is 6.95. The van der Waals surface area contributed by atoms with Crippen molar-refractivity contribution in [2.75, 3.05) is 6.54 Å².